The molecule has 0 fully saturated rings. The van der Waals surface area contributed by atoms with Crippen molar-refractivity contribution >= 4 is 21.6 Å². The maximum absolute atomic E-state index is 12.5. The van der Waals surface area contributed by atoms with E-state index >= 15 is 0 Å². The lowest BCUT2D eigenvalue weighted by atomic mass is 10.1. The number of halogens is 2. The van der Waals surface area contributed by atoms with Gasteiger partial charge >= 0.3 is 6.61 Å². The second-order valence-corrected chi connectivity index (χ2v) is 7.49. The van der Waals surface area contributed by atoms with Crippen LogP contribution in [0.3, 0.4) is 0 Å². The first-order chi connectivity index (χ1) is 13.2. The number of ether oxygens (including phenoxy) is 2. The van der Waals surface area contributed by atoms with Crippen LogP contribution in [0.5, 0.6) is 5.75 Å². The van der Waals surface area contributed by atoms with Crippen LogP contribution in [0.25, 0.3) is 0 Å². The predicted octanol–water partition coefficient (Wildman–Crippen LogP) is 2.77. The molecule has 0 aromatic heterocycles. The van der Waals surface area contributed by atoms with Crippen molar-refractivity contribution in [3.63, 3.8) is 0 Å². The van der Waals surface area contributed by atoms with Crippen molar-refractivity contribution in [2.24, 2.45) is 0 Å². The molecule has 2 rings (SSSR count). The molecule has 10 heteroatoms. The van der Waals surface area contributed by atoms with Gasteiger partial charge in [0.25, 0.3) is 5.91 Å². The Labute approximate surface area is 161 Å². The van der Waals surface area contributed by atoms with E-state index in [0.717, 1.165) is 0 Å². The Morgan fingerprint density at radius 2 is 1.82 bits per heavy atom. The van der Waals surface area contributed by atoms with Gasteiger partial charge in [-0.25, -0.2) is 13.1 Å². The van der Waals surface area contributed by atoms with Crippen molar-refractivity contribution in [3.05, 3.63) is 53.6 Å². The Balaban J connectivity index is 2.16. The van der Waals surface area contributed by atoms with E-state index in [1.165, 1.54) is 49.6 Å². The molecule has 2 N–H and O–H groups in total. The molecule has 0 saturated carbocycles. The van der Waals surface area contributed by atoms with Crippen LogP contribution in [0, 0.1) is 6.92 Å². The average molecular weight is 414 g/mol. The number of amides is 1. The van der Waals surface area contributed by atoms with Gasteiger partial charge in [-0.3, -0.25) is 4.79 Å². The molecule has 2 aromatic rings. The lowest BCUT2D eigenvalue weighted by Gasteiger charge is -2.11. The minimum atomic E-state index is -3.79. The smallest absolute Gasteiger partial charge is 0.387 e. The van der Waals surface area contributed by atoms with Gasteiger partial charge in [-0.1, -0.05) is 6.07 Å². The second kappa shape index (κ2) is 9.58. The van der Waals surface area contributed by atoms with E-state index in [4.69, 9.17) is 4.74 Å². The summed E-state index contributed by atoms with van der Waals surface area (Å²) in [6.07, 6.45) is 0. The quantitative estimate of drug-likeness (QED) is 0.616. The third-order valence-corrected chi connectivity index (χ3v) is 5.16. The molecule has 0 saturated heterocycles. The standard InChI is InChI=1S/C18H20F2N2O5S/c1-12-3-8-15(28(24,25)21-9-10-26-2)11-16(12)17(23)22-13-4-6-14(7-5-13)27-18(19)20/h3-8,11,18,21H,9-10H2,1-2H3,(H,22,23). The van der Waals surface area contributed by atoms with Crippen LogP contribution in [0.4, 0.5) is 14.5 Å². The molecule has 152 valence electrons. The zero-order chi connectivity index (χ0) is 20.7. The Hall–Kier alpha value is -2.56. The molecule has 0 aliphatic rings. The molecule has 0 aliphatic heterocycles. The molecule has 28 heavy (non-hydrogen) atoms. The van der Waals surface area contributed by atoms with E-state index in [9.17, 15) is 22.0 Å². The van der Waals surface area contributed by atoms with Crippen LogP contribution in [0.2, 0.25) is 0 Å². The lowest BCUT2D eigenvalue weighted by molar-refractivity contribution is -0.0498. The first kappa shape index (κ1) is 21.7. The number of carbonyl (C=O) groups excluding carboxylic acids is 1. The number of alkyl halides is 2. The van der Waals surface area contributed by atoms with Crippen molar-refractivity contribution in [1.29, 1.82) is 0 Å². The molecule has 2 aromatic carbocycles. The molecule has 0 spiro atoms. The predicted molar refractivity (Wildman–Crippen MR) is 99.3 cm³/mol. The normalized spacial score (nSPS) is 11.5. The summed E-state index contributed by atoms with van der Waals surface area (Å²) in [4.78, 5) is 12.5. The van der Waals surface area contributed by atoms with Crippen LogP contribution in [0.1, 0.15) is 15.9 Å². The number of aryl methyl sites for hydroxylation is 1. The van der Waals surface area contributed by atoms with Crippen LogP contribution >= 0.6 is 0 Å². The summed E-state index contributed by atoms with van der Waals surface area (Å²) in [5.74, 6) is -0.576. The fraction of sp³-hybridized carbons (Fsp3) is 0.278. The number of hydrogen-bond donors (Lipinski definition) is 2. The van der Waals surface area contributed by atoms with Gasteiger partial charge in [-0.15, -0.1) is 0 Å². The van der Waals surface area contributed by atoms with Gasteiger partial charge in [0.15, 0.2) is 0 Å². The summed E-state index contributed by atoms with van der Waals surface area (Å²) >= 11 is 0. The van der Waals surface area contributed by atoms with Gasteiger partial charge < -0.3 is 14.8 Å². The van der Waals surface area contributed by atoms with Crippen LogP contribution in [-0.2, 0) is 14.8 Å². The van der Waals surface area contributed by atoms with Gasteiger partial charge in [-0.05, 0) is 48.9 Å². The maximum Gasteiger partial charge on any atom is 0.387 e. The Kier molecular flexibility index (Phi) is 7.44. The summed E-state index contributed by atoms with van der Waals surface area (Å²) in [5, 5.41) is 2.59. The summed E-state index contributed by atoms with van der Waals surface area (Å²) in [7, 11) is -2.34. The van der Waals surface area contributed by atoms with E-state index in [1.54, 1.807) is 6.92 Å². The number of hydrogen-bond acceptors (Lipinski definition) is 5. The number of sulfonamides is 1. The van der Waals surface area contributed by atoms with E-state index in [0.29, 0.717) is 11.3 Å². The number of nitrogens with one attached hydrogen (secondary N) is 2. The van der Waals surface area contributed by atoms with Crippen LogP contribution < -0.4 is 14.8 Å². The molecular weight excluding hydrogens is 394 g/mol. The number of methoxy groups -OCH3 is 1. The molecule has 1 amide bonds. The molecule has 7 nitrogen and oxygen atoms in total. The van der Waals surface area contributed by atoms with E-state index < -0.39 is 22.5 Å². The topological polar surface area (TPSA) is 93.7 Å². The van der Waals surface area contributed by atoms with E-state index in [1.807, 2.05) is 0 Å². The molecule has 0 radical (unpaired) electrons. The highest BCUT2D eigenvalue weighted by Crippen LogP contribution is 2.20. The van der Waals surface area contributed by atoms with Crippen molar-refractivity contribution in [2.75, 3.05) is 25.6 Å². The highest BCUT2D eigenvalue weighted by atomic mass is 32.2. The Morgan fingerprint density at radius 3 is 2.43 bits per heavy atom. The number of benzene rings is 2. The molecule has 0 heterocycles. The fourth-order valence-corrected chi connectivity index (χ4v) is 3.33. The van der Waals surface area contributed by atoms with Gasteiger partial charge in [0.1, 0.15) is 5.75 Å². The summed E-state index contributed by atoms with van der Waals surface area (Å²) < 4.78 is 60.4. The van der Waals surface area contributed by atoms with Crippen LogP contribution in [-0.4, -0.2) is 41.2 Å². The minimum absolute atomic E-state index is 0.0422. The monoisotopic (exact) mass is 414 g/mol. The lowest BCUT2D eigenvalue weighted by Crippen LogP contribution is -2.27. The van der Waals surface area contributed by atoms with E-state index in [-0.39, 0.29) is 29.4 Å². The number of rotatable bonds is 9. The fourth-order valence-electron chi connectivity index (χ4n) is 2.29. The van der Waals surface area contributed by atoms with Gasteiger partial charge in [0.05, 0.1) is 11.5 Å². The second-order valence-electron chi connectivity index (χ2n) is 5.72. The highest BCUT2D eigenvalue weighted by molar-refractivity contribution is 7.89. The number of carbonyl (C=O) groups is 1. The molecule has 0 atom stereocenters. The minimum Gasteiger partial charge on any atom is -0.435 e. The molecule has 0 unspecified atom stereocenters. The first-order valence-electron chi connectivity index (χ1n) is 8.18. The zero-order valence-corrected chi connectivity index (χ0v) is 16.1. The molecule has 0 bridgehead atoms. The Bertz CT molecular complexity index is 918. The van der Waals surface area contributed by atoms with Crippen molar-refractivity contribution in [2.45, 2.75) is 18.4 Å². The summed E-state index contributed by atoms with van der Waals surface area (Å²) in [6.45, 7) is -0.959. The SMILES string of the molecule is COCCNS(=O)(=O)c1ccc(C)c(C(=O)Nc2ccc(OC(F)F)cc2)c1. The van der Waals surface area contributed by atoms with Crippen molar-refractivity contribution in [1.82, 2.24) is 4.72 Å². The molecule has 0 aliphatic carbocycles. The first-order valence-corrected chi connectivity index (χ1v) is 9.67. The third-order valence-electron chi connectivity index (χ3n) is 3.70. The van der Waals surface area contributed by atoms with Gasteiger partial charge in [-0.2, -0.15) is 8.78 Å². The Morgan fingerprint density at radius 1 is 1.14 bits per heavy atom. The van der Waals surface area contributed by atoms with E-state index in [2.05, 4.69) is 14.8 Å². The van der Waals surface area contributed by atoms with Crippen LogP contribution in [0.15, 0.2) is 47.4 Å². The average Bonchev–Trinajstić information content (AvgIpc) is 2.63. The van der Waals surface area contributed by atoms with Crippen molar-refractivity contribution < 1.29 is 31.5 Å². The third kappa shape index (κ3) is 5.98. The largest absolute Gasteiger partial charge is 0.435 e. The summed E-state index contributed by atoms with van der Waals surface area (Å²) in [6, 6.07) is 9.57. The van der Waals surface area contributed by atoms with Gasteiger partial charge in [0.2, 0.25) is 10.0 Å². The maximum atomic E-state index is 12.5. The van der Waals surface area contributed by atoms with Gasteiger partial charge in [0, 0.05) is 24.9 Å². The zero-order valence-electron chi connectivity index (χ0n) is 15.2. The summed E-state index contributed by atoms with van der Waals surface area (Å²) in [5.41, 5.74) is 1.09. The highest BCUT2D eigenvalue weighted by Gasteiger charge is 2.18. The van der Waals surface area contributed by atoms with Crippen molar-refractivity contribution in [3.8, 4) is 5.75 Å². The molecular formula is C18H20F2N2O5S. The number of anilines is 1.